The zero-order valence-corrected chi connectivity index (χ0v) is 14.7. The van der Waals surface area contributed by atoms with Gasteiger partial charge in [-0.25, -0.2) is 9.48 Å². The molecular formula is C16H28N4O3. The summed E-state index contributed by atoms with van der Waals surface area (Å²) in [6.07, 6.45) is 5.28. The molecule has 1 fully saturated rings. The van der Waals surface area contributed by atoms with E-state index in [-0.39, 0.29) is 12.1 Å². The highest BCUT2D eigenvalue weighted by Crippen LogP contribution is 2.29. The fourth-order valence-electron chi connectivity index (χ4n) is 2.77. The zero-order chi connectivity index (χ0) is 17.3. The van der Waals surface area contributed by atoms with Crippen molar-refractivity contribution in [2.75, 3.05) is 0 Å². The first-order valence-electron chi connectivity index (χ1n) is 8.20. The Balaban J connectivity index is 2.09. The maximum absolute atomic E-state index is 12.0. The van der Waals surface area contributed by atoms with Crippen molar-refractivity contribution >= 4 is 6.09 Å². The van der Waals surface area contributed by atoms with Crippen LogP contribution < -0.4 is 5.32 Å². The smallest absolute Gasteiger partial charge is 0.407 e. The Morgan fingerprint density at radius 3 is 2.52 bits per heavy atom. The second-order valence-electron chi connectivity index (χ2n) is 7.75. The Bertz CT molecular complexity index is 542. The number of carbonyl (C=O) groups excluding carboxylic acids is 1. The Kier molecular flexibility index (Phi) is 4.98. The number of amides is 1. The van der Waals surface area contributed by atoms with Crippen LogP contribution in [0.1, 0.15) is 72.0 Å². The summed E-state index contributed by atoms with van der Waals surface area (Å²) in [5.74, 6) is 0. The molecular weight excluding hydrogens is 296 g/mol. The molecule has 0 aliphatic heterocycles. The maximum atomic E-state index is 12.0. The zero-order valence-electron chi connectivity index (χ0n) is 14.7. The molecule has 7 heteroatoms. The molecule has 1 aromatic heterocycles. The molecule has 1 aromatic rings. The fourth-order valence-corrected chi connectivity index (χ4v) is 2.77. The third kappa shape index (κ3) is 4.92. The maximum Gasteiger partial charge on any atom is 0.407 e. The molecule has 1 aliphatic carbocycles. The molecule has 1 aliphatic rings. The van der Waals surface area contributed by atoms with Crippen LogP contribution in [0.25, 0.3) is 0 Å². The number of aliphatic hydroxyl groups is 1. The van der Waals surface area contributed by atoms with Gasteiger partial charge in [0, 0.05) is 0 Å². The van der Waals surface area contributed by atoms with Crippen LogP contribution in [-0.4, -0.2) is 37.8 Å². The fraction of sp³-hybridized carbons (Fsp3) is 0.812. The normalized spacial score (nSPS) is 22.7. The third-order valence-electron chi connectivity index (χ3n) is 3.91. The summed E-state index contributed by atoms with van der Waals surface area (Å²) in [7, 11) is 0. The number of hydrogen-bond acceptors (Lipinski definition) is 5. The Morgan fingerprint density at radius 1 is 1.30 bits per heavy atom. The summed E-state index contributed by atoms with van der Waals surface area (Å²) < 4.78 is 7.11. The van der Waals surface area contributed by atoms with Gasteiger partial charge in [-0.3, -0.25) is 0 Å². The first kappa shape index (κ1) is 17.7. The van der Waals surface area contributed by atoms with Crippen molar-refractivity contribution in [1.82, 2.24) is 20.3 Å². The second-order valence-corrected chi connectivity index (χ2v) is 7.75. The van der Waals surface area contributed by atoms with E-state index in [0.717, 1.165) is 25.7 Å². The van der Waals surface area contributed by atoms with Gasteiger partial charge in [-0.05, 0) is 47.5 Å². The molecule has 0 bridgehead atoms. The minimum Gasteiger partial charge on any atom is -0.444 e. The van der Waals surface area contributed by atoms with Gasteiger partial charge in [0.05, 0.1) is 18.3 Å². The molecule has 23 heavy (non-hydrogen) atoms. The number of alkyl carbamates (subject to hydrolysis) is 1. The van der Waals surface area contributed by atoms with E-state index < -0.39 is 17.3 Å². The molecule has 0 radical (unpaired) electrons. The molecule has 1 heterocycles. The summed E-state index contributed by atoms with van der Waals surface area (Å²) in [5, 5.41) is 21.2. The van der Waals surface area contributed by atoms with Crippen molar-refractivity contribution in [2.45, 2.75) is 83.6 Å². The highest BCUT2D eigenvalue weighted by atomic mass is 16.6. The number of rotatable bonds is 3. The van der Waals surface area contributed by atoms with Crippen LogP contribution in [0.4, 0.5) is 4.79 Å². The van der Waals surface area contributed by atoms with Crippen LogP contribution in [0.3, 0.4) is 0 Å². The van der Waals surface area contributed by atoms with Gasteiger partial charge >= 0.3 is 6.09 Å². The quantitative estimate of drug-likeness (QED) is 0.892. The Hall–Kier alpha value is -1.63. The highest BCUT2D eigenvalue weighted by Gasteiger charge is 2.31. The summed E-state index contributed by atoms with van der Waals surface area (Å²) >= 11 is 0. The molecule has 1 amide bonds. The van der Waals surface area contributed by atoms with Crippen LogP contribution in [0.15, 0.2) is 6.20 Å². The summed E-state index contributed by atoms with van der Waals surface area (Å²) in [6.45, 7) is 8.89. The molecule has 1 saturated carbocycles. The lowest BCUT2D eigenvalue weighted by Gasteiger charge is -2.32. The van der Waals surface area contributed by atoms with Gasteiger partial charge in [0.1, 0.15) is 16.9 Å². The molecule has 0 unspecified atom stereocenters. The molecule has 130 valence electrons. The number of carbonyl (C=O) groups is 1. The summed E-state index contributed by atoms with van der Waals surface area (Å²) in [6, 6.07) is -0.0187. The molecule has 7 nitrogen and oxygen atoms in total. The second kappa shape index (κ2) is 6.47. The Morgan fingerprint density at radius 2 is 1.96 bits per heavy atom. The van der Waals surface area contributed by atoms with Crippen molar-refractivity contribution in [3.8, 4) is 0 Å². The number of aromatic nitrogens is 3. The summed E-state index contributed by atoms with van der Waals surface area (Å²) in [5.41, 5.74) is -1.02. The summed E-state index contributed by atoms with van der Waals surface area (Å²) in [4.78, 5) is 12.0. The van der Waals surface area contributed by atoms with Crippen molar-refractivity contribution in [3.63, 3.8) is 0 Å². The van der Waals surface area contributed by atoms with Gasteiger partial charge in [-0.15, -0.1) is 5.10 Å². The van der Waals surface area contributed by atoms with Gasteiger partial charge in [0.25, 0.3) is 0 Å². The van der Waals surface area contributed by atoms with Crippen molar-refractivity contribution in [1.29, 1.82) is 0 Å². The van der Waals surface area contributed by atoms with Crippen LogP contribution >= 0.6 is 0 Å². The van der Waals surface area contributed by atoms with Gasteiger partial charge in [-0.1, -0.05) is 18.1 Å². The first-order valence-corrected chi connectivity index (χ1v) is 8.20. The lowest BCUT2D eigenvalue weighted by atomic mass is 9.90. The minimum absolute atomic E-state index is 0.0277. The van der Waals surface area contributed by atoms with Crippen LogP contribution in [-0.2, 0) is 10.3 Å². The molecule has 2 N–H and O–H groups in total. The predicted molar refractivity (Wildman–Crippen MR) is 85.9 cm³/mol. The highest BCUT2D eigenvalue weighted by molar-refractivity contribution is 5.68. The van der Waals surface area contributed by atoms with E-state index in [4.69, 9.17) is 4.74 Å². The third-order valence-corrected chi connectivity index (χ3v) is 3.91. The lowest BCUT2D eigenvalue weighted by Crippen LogP contribution is -2.45. The van der Waals surface area contributed by atoms with E-state index in [2.05, 4.69) is 15.6 Å². The van der Waals surface area contributed by atoms with Gasteiger partial charge in [0.15, 0.2) is 0 Å². The van der Waals surface area contributed by atoms with Crippen LogP contribution in [0.2, 0.25) is 0 Å². The van der Waals surface area contributed by atoms with Gasteiger partial charge in [-0.2, -0.15) is 0 Å². The lowest BCUT2D eigenvalue weighted by molar-refractivity contribution is 0.0468. The molecule has 0 aromatic carbocycles. The number of nitrogens with one attached hydrogen (secondary N) is 1. The van der Waals surface area contributed by atoms with E-state index in [0.29, 0.717) is 5.69 Å². The first-order chi connectivity index (χ1) is 10.6. The predicted octanol–water partition coefficient (Wildman–Crippen LogP) is 2.51. The average molecular weight is 324 g/mol. The SMILES string of the molecule is CC(C)(C)OC(=O)N[C@H]1CCCC[C@H]1n1cc(C(C)(C)O)nn1. The minimum atomic E-state index is -1.03. The van der Waals surface area contributed by atoms with Crippen LogP contribution in [0, 0.1) is 0 Å². The van der Waals surface area contributed by atoms with E-state index >= 15 is 0 Å². The van der Waals surface area contributed by atoms with Crippen molar-refractivity contribution in [3.05, 3.63) is 11.9 Å². The molecule has 2 atom stereocenters. The average Bonchev–Trinajstić information content (AvgIpc) is 2.86. The van der Waals surface area contributed by atoms with Crippen LogP contribution in [0.5, 0.6) is 0 Å². The number of nitrogens with zero attached hydrogens (tertiary/aromatic N) is 3. The van der Waals surface area contributed by atoms with Crippen molar-refractivity contribution in [2.24, 2.45) is 0 Å². The van der Waals surface area contributed by atoms with E-state index in [1.54, 1.807) is 24.7 Å². The molecule has 0 spiro atoms. The molecule has 2 rings (SSSR count). The Labute approximate surface area is 137 Å². The number of hydrogen-bond donors (Lipinski definition) is 2. The standard InChI is InChI=1S/C16H28N4O3/c1-15(2,3)23-14(21)17-11-8-6-7-9-12(11)20-10-13(18-19-20)16(4,5)22/h10-12,22H,6-9H2,1-5H3,(H,17,21)/t11-,12+/m0/s1. The number of ether oxygens (including phenoxy) is 1. The van der Waals surface area contributed by atoms with E-state index in [9.17, 15) is 9.90 Å². The van der Waals surface area contributed by atoms with E-state index in [1.165, 1.54) is 0 Å². The largest absolute Gasteiger partial charge is 0.444 e. The van der Waals surface area contributed by atoms with Crippen molar-refractivity contribution < 1.29 is 14.6 Å². The monoisotopic (exact) mass is 324 g/mol. The topological polar surface area (TPSA) is 89.3 Å². The molecule has 0 saturated heterocycles. The van der Waals surface area contributed by atoms with Gasteiger partial charge in [0.2, 0.25) is 0 Å². The van der Waals surface area contributed by atoms with E-state index in [1.807, 2.05) is 20.8 Å². The van der Waals surface area contributed by atoms with Gasteiger partial charge < -0.3 is 15.2 Å².